The number of nitrogens with two attached hydrogens (primary N) is 1. The van der Waals surface area contributed by atoms with Crippen LogP contribution in [-0.2, 0) is 19.5 Å². The largest absolute Gasteiger partial charge is 0.493 e. The van der Waals surface area contributed by atoms with E-state index in [1.165, 1.54) is 5.56 Å². The lowest BCUT2D eigenvalue weighted by Crippen LogP contribution is -2.23. The van der Waals surface area contributed by atoms with Crippen molar-refractivity contribution in [3.63, 3.8) is 0 Å². The first-order valence-corrected chi connectivity index (χ1v) is 9.52. The lowest BCUT2D eigenvalue weighted by Gasteiger charge is -2.11. The molecule has 30 heavy (non-hydrogen) atoms. The molecule has 3 rings (SSSR count). The number of nitrogens with one attached hydrogen (secondary N) is 1. The molecule has 0 aliphatic rings. The number of imidazole rings is 1. The number of benzene rings is 2. The number of aryl methyl sites for hydroxylation is 2. The molecule has 7 nitrogen and oxygen atoms in total. The highest BCUT2D eigenvalue weighted by molar-refractivity contribution is 14.0. The number of methoxy groups -OCH3 is 2. The van der Waals surface area contributed by atoms with Gasteiger partial charge in [-0.2, -0.15) is 0 Å². The number of rotatable bonds is 9. The fourth-order valence-electron chi connectivity index (χ4n) is 3.05. The van der Waals surface area contributed by atoms with Gasteiger partial charge in [-0.25, -0.2) is 9.98 Å². The molecule has 0 unspecified atom stereocenters. The third kappa shape index (κ3) is 6.65. The Balaban J connectivity index is 0.00000320. The van der Waals surface area contributed by atoms with Crippen LogP contribution in [0.1, 0.15) is 17.8 Å². The molecule has 0 saturated heterocycles. The zero-order valence-electron chi connectivity index (χ0n) is 17.2. The smallest absolute Gasteiger partial charge is 0.193 e. The molecule has 0 atom stereocenters. The summed E-state index contributed by atoms with van der Waals surface area (Å²) in [5.41, 5.74) is 8.16. The van der Waals surface area contributed by atoms with Gasteiger partial charge in [-0.1, -0.05) is 30.3 Å². The van der Waals surface area contributed by atoms with Crippen LogP contribution in [0.25, 0.3) is 0 Å². The molecule has 1 aromatic heterocycles. The highest BCUT2D eigenvalue weighted by atomic mass is 127. The molecule has 0 bridgehead atoms. The second kappa shape index (κ2) is 12.1. The minimum atomic E-state index is 0. The molecule has 0 fully saturated rings. The van der Waals surface area contributed by atoms with E-state index in [0.717, 1.165) is 30.9 Å². The number of anilines is 1. The summed E-state index contributed by atoms with van der Waals surface area (Å²) in [5.74, 6) is 2.48. The second-order valence-electron chi connectivity index (χ2n) is 6.52. The molecule has 0 aliphatic carbocycles. The van der Waals surface area contributed by atoms with Crippen LogP contribution in [0.15, 0.2) is 65.9 Å². The summed E-state index contributed by atoms with van der Waals surface area (Å²) in [6.07, 6.45) is 5.85. The summed E-state index contributed by atoms with van der Waals surface area (Å²) in [6, 6.07) is 16.0. The van der Waals surface area contributed by atoms with E-state index in [-0.39, 0.29) is 24.0 Å². The number of hydrogen-bond donors (Lipinski definition) is 2. The standard InChI is InChI=1S/C22H27N5O2.HI/c1-28-19-11-10-18(15-20(19)29-2)26-22(23)25-16-21-24-12-14-27(21)13-6-9-17-7-4-3-5-8-17;/h3-5,7-8,10-12,14-15H,6,9,13,16H2,1-2H3,(H3,23,25,26);1H. The van der Waals surface area contributed by atoms with Crippen molar-refractivity contribution in [1.82, 2.24) is 9.55 Å². The highest BCUT2D eigenvalue weighted by Crippen LogP contribution is 2.29. The molecule has 0 spiro atoms. The first kappa shape index (κ1) is 23.5. The molecule has 3 N–H and O–H groups in total. The molecular weight excluding hydrogens is 493 g/mol. The van der Waals surface area contributed by atoms with Gasteiger partial charge in [-0.15, -0.1) is 24.0 Å². The van der Waals surface area contributed by atoms with Crippen molar-refractivity contribution in [3.05, 3.63) is 72.3 Å². The molecule has 0 radical (unpaired) electrons. The zero-order chi connectivity index (χ0) is 20.5. The molecule has 2 aromatic carbocycles. The molecule has 160 valence electrons. The van der Waals surface area contributed by atoms with Gasteiger partial charge in [0.25, 0.3) is 0 Å². The van der Waals surface area contributed by atoms with Crippen molar-refractivity contribution in [2.75, 3.05) is 19.5 Å². The number of nitrogens with zero attached hydrogens (tertiary/aromatic N) is 3. The molecule has 3 aromatic rings. The van der Waals surface area contributed by atoms with Gasteiger partial charge in [0.2, 0.25) is 0 Å². The van der Waals surface area contributed by atoms with Crippen LogP contribution < -0.4 is 20.5 Å². The van der Waals surface area contributed by atoms with Gasteiger partial charge in [0, 0.05) is 30.7 Å². The van der Waals surface area contributed by atoms with Crippen LogP contribution in [0.5, 0.6) is 11.5 Å². The summed E-state index contributed by atoms with van der Waals surface area (Å²) < 4.78 is 12.7. The van der Waals surface area contributed by atoms with Crippen molar-refractivity contribution >= 4 is 35.6 Å². The maximum atomic E-state index is 6.04. The van der Waals surface area contributed by atoms with Gasteiger partial charge in [-0.3, -0.25) is 0 Å². The highest BCUT2D eigenvalue weighted by Gasteiger charge is 2.06. The van der Waals surface area contributed by atoms with Crippen LogP contribution >= 0.6 is 24.0 Å². The molecule has 0 saturated carbocycles. The van der Waals surface area contributed by atoms with Crippen molar-refractivity contribution in [3.8, 4) is 11.5 Å². The number of halogens is 1. The van der Waals surface area contributed by atoms with Gasteiger partial charge in [0.05, 0.1) is 14.2 Å². The Morgan fingerprint density at radius 2 is 1.87 bits per heavy atom. The van der Waals surface area contributed by atoms with Crippen LogP contribution in [0.2, 0.25) is 0 Å². The molecular formula is C22H28IN5O2. The summed E-state index contributed by atoms with van der Waals surface area (Å²) in [7, 11) is 3.19. The van der Waals surface area contributed by atoms with Gasteiger partial charge in [-0.05, 0) is 30.5 Å². The maximum Gasteiger partial charge on any atom is 0.193 e. The predicted molar refractivity (Wildman–Crippen MR) is 131 cm³/mol. The minimum absolute atomic E-state index is 0. The first-order chi connectivity index (χ1) is 14.2. The Kier molecular flexibility index (Phi) is 9.46. The summed E-state index contributed by atoms with van der Waals surface area (Å²) >= 11 is 0. The van der Waals surface area contributed by atoms with Crippen molar-refractivity contribution in [1.29, 1.82) is 0 Å². The molecule has 0 aliphatic heterocycles. The average Bonchev–Trinajstić information content (AvgIpc) is 3.20. The van der Waals surface area contributed by atoms with Crippen molar-refractivity contribution in [2.24, 2.45) is 10.7 Å². The average molecular weight is 521 g/mol. The molecule has 8 heteroatoms. The summed E-state index contributed by atoms with van der Waals surface area (Å²) in [4.78, 5) is 8.82. The van der Waals surface area contributed by atoms with E-state index < -0.39 is 0 Å². The van der Waals surface area contributed by atoms with E-state index in [4.69, 9.17) is 15.2 Å². The first-order valence-electron chi connectivity index (χ1n) is 9.52. The lowest BCUT2D eigenvalue weighted by atomic mass is 10.1. The van der Waals surface area contributed by atoms with Gasteiger partial charge < -0.3 is 25.1 Å². The van der Waals surface area contributed by atoms with Crippen LogP contribution in [0.3, 0.4) is 0 Å². The van der Waals surface area contributed by atoms with Crippen molar-refractivity contribution < 1.29 is 9.47 Å². The number of ether oxygens (including phenoxy) is 2. The Bertz CT molecular complexity index is 944. The third-order valence-corrected chi connectivity index (χ3v) is 4.56. The molecule has 0 amide bonds. The second-order valence-corrected chi connectivity index (χ2v) is 6.52. The Hall–Kier alpha value is -2.75. The maximum absolute atomic E-state index is 6.04. The number of hydrogen-bond acceptors (Lipinski definition) is 4. The summed E-state index contributed by atoms with van der Waals surface area (Å²) in [6.45, 7) is 1.30. The number of aliphatic imine (C=N–C) groups is 1. The van der Waals surface area contributed by atoms with Gasteiger partial charge >= 0.3 is 0 Å². The van der Waals surface area contributed by atoms with Crippen LogP contribution in [-0.4, -0.2) is 29.7 Å². The lowest BCUT2D eigenvalue weighted by molar-refractivity contribution is 0.355. The SMILES string of the molecule is COc1ccc(NC(N)=NCc2nccn2CCCc2ccccc2)cc1OC.I. The quantitative estimate of drug-likeness (QED) is 0.252. The summed E-state index contributed by atoms with van der Waals surface area (Å²) in [5, 5.41) is 3.07. The van der Waals surface area contributed by atoms with Crippen LogP contribution in [0, 0.1) is 0 Å². The number of aromatic nitrogens is 2. The Labute approximate surface area is 194 Å². The monoisotopic (exact) mass is 521 g/mol. The zero-order valence-corrected chi connectivity index (χ0v) is 19.6. The van der Waals surface area contributed by atoms with Crippen molar-refractivity contribution in [2.45, 2.75) is 25.9 Å². The fraction of sp³-hybridized carbons (Fsp3) is 0.273. The van der Waals surface area contributed by atoms with Gasteiger partial charge in [0.1, 0.15) is 12.4 Å². The number of guanidine groups is 1. The topological polar surface area (TPSA) is 86.7 Å². The fourth-order valence-corrected chi connectivity index (χ4v) is 3.05. The predicted octanol–water partition coefficient (Wildman–Crippen LogP) is 4.08. The third-order valence-electron chi connectivity index (χ3n) is 4.56. The van der Waals surface area contributed by atoms with E-state index in [1.54, 1.807) is 20.4 Å². The molecule has 1 heterocycles. The Morgan fingerprint density at radius 3 is 2.60 bits per heavy atom. The van der Waals surface area contributed by atoms with E-state index >= 15 is 0 Å². The van der Waals surface area contributed by atoms with E-state index in [2.05, 4.69) is 44.1 Å². The van der Waals surface area contributed by atoms with E-state index in [9.17, 15) is 0 Å². The Morgan fingerprint density at radius 1 is 1.10 bits per heavy atom. The van der Waals surface area contributed by atoms with E-state index in [0.29, 0.717) is 24.0 Å². The van der Waals surface area contributed by atoms with Gasteiger partial charge in [0.15, 0.2) is 17.5 Å². The normalized spacial score (nSPS) is 10.9. The van der Waals surface area contributed by atoms with E-state index in [1.807, 2.05) is 30.5 Å². The van der Waals surface area contributed by atoms with Crippen LogP contribution in [0.4, 0.5) is 5.69 Å². The minimum Gasteiger partial charge on any atom is -0.493 e.